The molecule has 1 aliphatic carbocycles. The average molecular weight is 277 g/mol. The Morgan fingerprint density at radius 3 is 2.80 bits per heavy atom. The lowest BCUT2D eigenvalue weighted by Crippen LogP contribution is -2.38. The number of nitrogens with one attached hydrogen (secondary N) is 1. The lowest BCUT2D eigenvalue weighted by molar-refractivity contribution is -0.119. The van der Waals surface area contributed by atoms with Crippen LogP contribution in [0.15, 0.2) is 24.3 Å². The number of ether oxygens (including phenoxy) is 1. The van der Waals surface area contributed by atoms with Crippen LogP contribution in [0.25, 0.3) is 0 Å². The number of amides is 2. The van der Waals surface area contributed by atoms with E-state index in [2.05, 4.69) is 5.32 Å². The third-order valence-corrected chi connectivity index (χ3v) is 3.20. The van der Waals surface area contributed by atoms with E-state index in [1.165, 1.54) is 0 Å². The molecule has 1 aliphatic rings. The van der Waals surface area contributed by atoms with Gasteiger partial charge < -0.3 is 21.5 Å². The van der Waals surface area contributed by atoms with Crippen LogP contribution in [0, 0.1) is 5.92 Å². The summed E-state index contributed by atoms with van der Waals surface area (Å²) >= 11 is 0. The molecule has 1 saturated carbocycles. The Morgan fingerprint density at radius 2 is 2.15 bits per heavy atom. The predicted octanol–water partition coefficient (Wildman–Crippen LogP) is 0.0178. The van der Waals surface area contributed by atoms with Gasteiger partial charge in [-0.2, -0.15) is 0 Å². The Balaban J connectivity index is 1.88. The second-order valence-electron chi connectivity index (χ2n) is 4.99. The molecule has 1 aromatic carbocycles. The summed E-state index contributed by atoms with van der Waals surface area (Å²) in [5, 5.41) is 2.80. The number of primary amides is 1. The molecule has 0 radical (unpaired) electrons. The molecule has 20 heavy (non-hydrogen) atoms. The van der Waals surface area contributed by atoms with E-state index in [4.69, 9.17) is 16.2 Å². The molecule has 1 unspecified atom stereocenters. The van der Waals surface area contributed by atoms with Crippen molar-refractivity contribution in [1.82, 2.24) is 5.32 Å². The molecule has 1 aromatic rings. The largest absolute Gasteiger partial charge is 0.484 e. The molecular weight excluding hydrogens is 258 g/mol. The number of nitrogens with two attached hydrogens (primary N) is 2. The number of benzene rings is 1. The van der Waals surface area contributed by atoms with E-state index >= 15 is 0 Å². The lowest BCUT2D eigenvalue weighted by atomic mass is 10.1. The smallest absolute Gasteiger partial charge is 0.255 e. The summed E-state index contributed by atoms with van der Waals surface area (Å²) in [6.45, 7) is 0.257. The van der Waals surface area contributed by atoms with Crippen molar-refractivity contribution in [2.24, 2.45) is 17.4 Å². The van der Waals surface area contributed by atoms with Gasteiger partial charge in [0.25, 0.3) is 11.8 Å². The van der Waals surface area contributed by atoms with Crippen LogP contribution in [0.2, 0.25) is 0 Å². The second-order valence-corrected chi connectivity index (χ2v) is 4.99. The van der Waals surface area contributed by atoms with Gasteiger partial charge in [-0.3, -0.25) is 9.59 Å². The van der Waals surface area contributed by atoms with Gasteiger partial charge in [0.2, 0.25) is 0 Å². The van der Waals surface area contributed by atoms with E-state index in [1.54, 1.807) is 24.3 Å². The van der Waals surface area contributed by atoms with Crippen LogP contribution in [0.4, 0.5) is 0 Å². The molecule has 0 spiro atoms. The van der Waals surface area contributed by atoms with Gasteiger partial charge in [0.05, 0.1) is 0 Å². The van der Waals surface area contributed by atoms with Gasteiger partial charge in [0, 0.05) is 18.2 Å². The van der Waals surface area contributed by atoms with E-state index in [0.717, 1.165) is 12.8 Å². The Hall–Kier alpha value is -2.08. The quantitative estimate of drug-likeness (QED) is 0.653. The van der Waals surface area contributed by atoms with E-state index in [-0.39, 0.29) is 18.6 Å². The molecule has 1 atom stereocenters. The maximum atomic E-state index is 12.0. The maximum Gasteiger partial charge on any atom is 0.255 e. The van der Waals surface area contributed by atoms with E-state index in [9.17, 15) is 9.59 Å². The number of rotatable bonds is 7. The molecule has 2 amide bonds. The van der Waals surface area contributed by atoms with Crippen LogP contribution in [0.5, 0.6) is 5.75 Å². The SMILES string of the molecule is NC(=O)COc1cccc(C(=O)NCC(N)C2CC2)c1. The molecular formula is C14H19N3O3. The minimum absolute atomic E-state index is 0.0215. The fourth-order valence-corrected chi connectivity index (χ4v) is 1.89. The molecule has 1 fully saturated rings. The van der Waals surface area contributed by atoms with Gasteiger partial charge in [-0.15, -0.1) is 0 Å². The van der Waals surface area contributed by atoms with Crippen LogP contribution in [-0.4, -0.2) is 31.0 Å². The Morgan fingerprint density at radius 1 is 1.40 bits per heavy atom. The predicted molar refractivity (Wildman–Crippen MR) is 74.2 cm³/mol. The maximum absolute atomic E-state index is 12.0. The molecule has 5 N–H and O–H groups in total. The molecule has 0 bridgehead atoms. The van der Waals surface area contributed by atoms with Gasteiger partial charge in [-0.05, 0) is 37.0 Å². The zero-order valence-electron chi connectivity index (χ0n) is 11.2. The van der Waals surface area contributed by atoms with Crippen LogP contribution in [-0.2, 0) is 4.79 Å². The monoisotopic (exact) mass is 277 g/mol. The van der Waals surface area contributed by atoms with Gasteiger partial charge in [0.1, 0.15) is 5.75 Å². The second kappa shape index (κ2) is 6.38. The highest BCUT2D eigenvalue weighted by Crippen LogP contribution is 2.31. The number of hydrogen-bond acceptors (Lipinski definition) is 4. The summed E-state index contributed by atoms with van der Waals surface area (Å²) in [6, 6.07) is 6.62. The van der Waals surface area contributed by atoms with Crippen LogP contribution >= 0.6 is 0 Å². The van der Waals surface area contributed by atoms with Crippen LogP contribution < -0.4 is 21.5 Å². The Labute approximate surface area is 117 Å². The minimum atomic E-state index is -0.560. The molecule has 6 heteroatoms. The van der Waals surface area contributed by atoms with Crippen LogP contribution in [0.1, 0.15) is 23.2 Å². The molecule has 108 valence electrons. The third kappa shape index (κ3) is 4.24. The van der Waals surface area contributed by atoms with Crippen molar-refractivity contribution in [2.45, 2.75) is 18.9 Å². The Kier molecular flexibility index (Phi) is 4.57. The summed E-state index contributed by atoms with van der Waals surface area (Å²) in [5.74, 6) is 0.212. The molecule has 0 aromatic heterocycles. The van der Waals surface area contributed by atoms with Crippen molar-refractivity contribution >= 4 is 11.8 Å². The molecule has 0 heterocycles. The highest BCUT2D eigenvalue weighted by Gasteiger charge is 2.28. The van der Waals surface area contributed by atoms with E-state index in [0.29, 0.717) is 23.8 Å². The summed E-state index contributed by atoms with van der Waals surface area (Å²) in [7, 11) is 0. The average Bonchev–Trinajstić information content (AvgIpc) is 3.27. The fourth-order valence-electron chi connectivity index (χ4n) is 1.89. The topological polar surface area (TPSA) is 107 Å². The minimum Gasteiger partial charge on any atom is -0.484 e. The lowest BCUT2D eigenvalue weighted by Gasteiger charge is -2.12. The van der Waals surface area contributed by atoms with Crippen molar-refractivity contribution in [3.63, 3.8) is 0 Å². The number of hydrogen-bond donors (Lipinski definition) is 3. The van der Waals surface area contributed by atoms with Gasteiger partial charge >= 0.3 is 0 Å². The van der Waals surface area contributed by atoms with E-state index < -0.39 is 5.91 Å². The standard InChI is InChI=1S/C14H19N3O3/c15-12(9-4-5-9)7-17-14(19)10-2-1-3-11(6-10)20-8-13(16)18/h1-3,6,9,12H,4-5,7-8,15H2,(H2,16,18)(H,17,19). The number of carbonyl (C=O) groups excluding carboxylic acids is 2. The van der Waals surface area contributed by atoms with Crippen LogP contribution in [0.3, 0.4) is 0 Å². The Bertz CT molecular complexity index is 500. The first-order valence-electron chi connectivity index (χ1n) is 6.61. The van der Waals surface area contributed by atoms with Crippen molar-refractivity contribution < 1.29 is 14.3 Å². The first-order chi connectivity index (χ1) is 9.56. The van der Waals surface area contributed by atoms with Crippen molar-refractivity contribution in [3.05, 3.63) is 29.8 Å². The van der Waals surface area contributed by atoms with Crippen molar-refractivity contribution in [2.75, 3.05) is 13.2 Å². The molecule has 0 saturated heterocycles. The normalized spacial score (nSPS) is 15.4. The number of carbonyl (C=O) groups is 2. The van der Waals surface area contributed by atoms with Gasteiger partial charge in [0.15, 0.2) is 6.61 Å². The van der Waals surface area contributed by atoms with Gasteiger partial charge in [-0.25, -0.2) is 0 Å². The van der Waals surface area contributed by atoms with Crippen molar-refractivity contribution in [1.29, 1.82) is 0 Å². The summed E-state index contributed by atoms with van der Waals surface area (Å²) in [5.41, 5.74) is 11.4. The summed E-state index contributed by atoms with van der Waals surface area (Å²) in [6.07, 6.45) is 2.29. The zero-order chi connectivity index (χ0) is 14.5. The summed E-state index contributed by atoms with van der Waals surface area (Å²) in [4.78, 5) is 22.6. The molecule has 2 rings (SSSR count). The highest BCUT2D eigenvalue weighted by atomic mass is 16.5. The first-order valence-corrected chi connectivity index (χ1v) is 6.61. The molecule has 6 nitrogen and oxygen atoms in total. The van der Waals surface area contributed by atoms with Crippen molar-refractivity contribution in [3.8, 4) is 5.75 Å². The van der Waals surface area contributed by atoms with Gasteiger partial charge in [-0.1, -0.05) is 6.07 Å². The zero-order valence-corrected chi connectivity index (χ0v) is 11.2. The summed E-state index contributed by atoms with van der Waals surface area (Å²) < 4.78 is 5.15. The highest BCUT2D eigenvalue weighted by molar-refractivity contribution is 5.94. The first kappa shape index (κ1) is 14.3. The fraction of sp³-hybridized carbons (Fsp3) is 0.429. The molecule has 0 aliphatic heterocycles. The third-order valence-electron chi connectivity index (χ3n) is 3.20. The van der Waals surface area contributed by atoms with E-state index in [1.807, 2.05) is 0 Å².